The van der Waals surface area contributed by atoms with E-state index >= 15 is 0 Å². The van der Waals surface area contributed by atoms with Crippen LogP contribution in [0.2, 0.25) is 0 Å². The van der Waals surface area contributed by atoms with Crippen molar-refractivity contribution in [1.29, 1.82) is 0 Å². The summed E-state index contributed by atoms with van der Waals surface area (Å²) in [6.45, 7) is 3.92. The number of ketones is 1. The Balaban J connectivity index is 1.91. The second kappa shape index (κ2) is 7.48. The first-order valence-corrected chi connectivity index (χ1v) is 8.15. The van der Waals surface area contributed by atoms with Crippen LogP contribution in [0.25, 0.3) is 0 Å². The Morgan fingerprint density at radius 2 is 2.00 bits per heavy atom. The first-order valence-electron chi connectivity index (χ1n) is 8.15. The lowest BCUT2D eigenvalue weighted by molar-refractivity contribution is 0.0970. The normalized spacial score (nSPS) is 16.1. The fourth-order valence-electron chi connectivity index (χ4n) is 3.04. The molecule has 3 heteroatoms. The minimum Gasteiger partial charge on any atom is -0.489 e. The Labute approximate surface area is 127 Å². The van der Waals surface area contributed by atoms with Crippen molar-refractivity contribution in [2.24, 2.45) is 5.92 Å². The topological polar surface area (TPSA) is 52.3 Å². The van der Waals surface area contributed by atoms with Crippen molar-refractivity contribution in [1.82, 2.24) is 0 Å². The van der Waals surface area contributed by atoms with Crippen molar-refractivity contribution >= 4 is 11.5 Å². The summed E-state index contributed by atoms with van der Waals surface area (Å²) >= 11 is 0. The van der Waals surface area contributed by atoms with Crippen LogP contribution in [0.3, 0.4) is 0 Å². The third kappa shape index (κ3) is 4.76. The molecule has 1 aliphatic rings. The van der Waals surface area contributed by atoms with Crippen LogP contribution >= 0.6 is 0 Å². The summed E-state index contributed by atoms with van der Waals surface area (Å²) in [4.78, 5) is 12.3. The van der Waals surface area contributed by atoms with Crippen molar-refractivity contribution in [2.45, 2.75) is 64.9 Å². The monoisotopic (exact) mass is 289 g/mol. The zero-order valence-electron chi connectivity index (χ0n) is 13.2. The van der Waals surface area contributed by atoms with Crippen molar-refractivity contribution < 1.29 is 9.53 Å². The number of hydrogen-bond donors (Lipinski definition) is 1. The molecule has 0 aliphatic heterocycles. The summed E-state index contributed by atoms with van der Waals surface area (Å²) < 4.78 is 5.60. The molecular weight excluding hydrogens is 262 g/mol. The van der Waals surface area contributed by atoms with Gasteiger partial charge in [0.25, 0.3) is 0 Å². The van der Waals surface area contributed by atoms with E-state index in [2.05, 4.69) is 0 Å². The van der Waals surface area contributed by atoms with Gasteiger partial charge in [0.05, 0.1) is 11.8 Å². The van der Waals surface area contributed by atoms with Gasteiger partial charge in [-0.3, -0.25) is 4.79 Å². The van der Waals surface area contributed by atoms with E-state index in [1.165, 1.54) is 32.1 Å². The van der Waals surface area contributed by atoms with E-state index in [1.807, 2.05) is 26.0 Å². The van der Waals surface area contributed by atoms with E-state index in [0.717, 1.165) is 12.3 Å². The molecule has 116 valence electrons. The molecule has 0 amide bonds. The van der Waals surface area contributed by atoms with Crippen LogP contribution in [-0.4, -0.2) is 11.9 Å². The fraction of sp³-hybridized carbons (Fsp3) is 0.611. The van der Waals surface area contributed by atoms with Crippen LogP contribution in [-0.2, 0) is 0 Å². The Kier molecular flexibility index (Phi) is 5.66. The highest BCUT2D eigenvalue weighted by molar-refractivity contribution is 5.97. The highest BCUT2D eigenvalue weighted by Crippen LogP contribution is 2.29. The predicted octanol–water partition coefficient (Wildman–Crippen LogP) is 4.60. The predicted molar refractivity (Wildman–Crippen MR) is 86.8 cm³/mol. The molecule has 3 nitrogen and oxygen atoms in total. The van der Waals surface area contributed by atoms with Crippen LogP contribution in [0.15, 0.2) is 18.2 Å². The summed E-state index contributed by atoms with van der Waals surface area (Å²) in [7, 11) is 0. The molecule has 0 heterocycles. The van der Waals surface area contributed by atoms with Gasteiger partial charge in [0.1, 0.15) is 5.75 Å². The molecule has 1 aromatic carbocycles. The zero-order chi connectivity index (χ0) is 15.2. The van der Waals surface area contributed by atoms with Crippen LogP contribution in [0.1, 0.15) is 69.2 Å². The number of rotatable bonds is 6. The molecule has 21 heavy (non-hydrogen) atoms. The number of anilines is 1. The molecule has 0 bridgehead atoms. The Bertz CT molecular complexity index is 476. The first-order chi connectivity index (χ1) is 10.1. The minimum absolute atomic E-state index is 0.0835. The van der Waals surface area contributed by atoms with E-state index in [4.69, 9.17) is 10.5 Å². The maximum atomic E-state index is 12.3. The van der Waals surface area contributed by atoms with Crippen LogP contribution < -0.4 is 10.5 Å². The lowest BCUT2D eigenvalue weighted by atomic mass is 9.85. The number of hydrogen-bond acceptors (Lipinski definition) is 3. The Hall–Kier alpha value is -1.51. The maximum absolute atomic E-state index is 12.3. The van der Waals surface area contributed by atoms with Gasteiger partial charge in [0, 0.05) is 12.0 Å². The van der Waals surface area contributed by atoms with E-state index in [-0.39, 0.29) is 11.9 Å². The van der Waals surface area contributed by atoms with Crippen LogP contribution in [0, 0.1) is 5.92 Å². The molecule has 0 spiro atoms. The fourth-order valence-corrected chi connectivity index (χ4v) is 3.04. The van der Waals surface area contributed by atoms with Gasteiger partial charge in [-0.2, -0.15) is 0 Å². The van der Waals surface area contributed by atoms with Gasteiger partial charge in [-0.05, 0) is 44.4 Å². The number of ether oxygens (including phenoxy) is 1. The van der Waals surface area contributed by atoms with E-state index < -0.39 is 0 Å². The van der Waals surface area contributed by atoms with Gasteiger partial charge in [-0.25, -0.2) is 0 Å². The molecule has 1 fully saturated rings. The van der Waals surface area contributed by atoms with Gasteiger partial charge in [-0.15, -0.1) is 0 Å². The molecule has 1 saturated carbocycles. The van der Waals surface area contributed by atoms with E-state index in [9.17, 15) is 4.79 Å². The van der Waals surface area contributed by atoms with Gasteiger partial charge in [0.15, 0.2) is 5.78 Å². The summed E-state index contributed by atoms with van der Waals surface area (Å²) in [6, 6.07) is 5.39. The summed E-state index contributed by atoms with van der Waals surface area (Å²) in [5, 5.41) is 0. The molecule has 2 rings (SSSR count). The second-order valence-corrected chi connectivity index (χ2v) is 6.39. The summed E-state index contributed by atoms with van der Waals surface area (Å²) in [5.41, 5.74) is 7.23. The largest absolute Gasteiger partial charge is 0.489 e. The Morgan fingerprint density at radius 1 is 1.29 bits per heavy atom. The SMILES string of the molecule is CC(C)Oc1ccc(C(=O)CCC2CCCCC2)cc1N. The molecule has 0 atom stereocenters. The molecule has 1 aliphatic carbocycles. The third-order valence-electron chi connectivity index (χ3n) is 4.20. The Morgan fingerprint density at radius 3 is 2.62 bits per heavy atom. The molecule has 0 radical (unpaired) electrons. The van der Waals surface area contributed by atoms with Crippen molar-refractivity contribution in [2.75, 3.05) is 5.73 Å². The molecular formula is C18H27NO2. The van der Waals surface area contributed by atoms with Crippen LogP contribution in [0.5, 0.6) is 5.75 Å². The van der Waals surface area contributed by atoms with Gasteiger partial charge in [0.2, 0.25) is 0 Å². The van der Waals surface area contributed by atoms with Gasteiger partial charge < -0.3 is 10.5 Å². The second-order valence-electron chi connectivity index (χ2n) is 6.39. The number of carbonyl (C=O) groups is 1. The van der Waals surface area contributed by atoms with Gasteiger partial charge >= 0.3 is 0 Å². The maximum Gasteiger partial charge on any atom is 0.162 e. The lowest BCUT2D eigenvalue weighted by Crippen LogP contribution is -2.10. The summed E-state index contributed by atoms with van der Waals surface area (Å²) in [5.74, 6) is 1.60. The molecule has 1 aromatic rings. The highest BCUT2D eigenvalue weighted by Gasteiger charge is 2.16. The molecule has 0 saturated heterocycles. The standard InChI is InChI=1S/C18H27NO2/c1-13(2)21-18-11-9-15(12-16(18)19)17(20)10-8-14-6-4-3-5-7-14/h9,11-14H,3-8,10,19H2,1-2H3. The summed E-state index contributed by atoms with van der Waals surface area (Å²) in [6.07, 6.45) is 8.32. The number of benzene rings is 1. The van der Waals surface area contributed by atoms with Crippen LogP contribution in [0.4, 0.5) is 5.69 Å². The molecule has 0 aromatic heterocycles. The van der Waals surface area contributed by atoms with Crippen molar-refractivity contribution in [3.63, 3.8) is 0 Å². The third-order valence-corrected chi connectivity index (χ3v) is 4.20. The van der Waals surface area contributed by atoms with Crippen molar-refractivity contribution in [3.05, 3.63) is 23.8 Å². The number of carbonyl (C=O) groups excluding carboxylic acids is 1. The van der Waals surface area contributed by atoms with Crippen molar-refractivity contribution in [3.8, 4) is 5.75 Å². The first kappa shape index (κ1) is 15.9. The quantitative estimate of drug-likeness (QED) is 0.615. The lowest BCUT2D eigenvalue weighted by Gasteiger charge is -2.21. The van der Waals surface area contributed by atoms with Gasteiger partial charge in [-0.1, -0.05) is 32.1 Å². The zero-order valence-corrected chi connectivity index (χ0v) is 13.2. The molecule has 0 unspecified atom stereocenters. The van der Waals surface area contributed by atoms with E-state index in [0.29, 0.717) is 23.4 Å². The highest BCUT2D eigenvalue weighted by atomic mass is 16.5. The number of nitrogens with two attached hydrogens (primary N) is 1. The average molecular weight is 289 g/mol. The average Bonchev–Trinajstić information content (AvgIpc) is 2.47. The van der Waals surface area contributed by atoms with E-state index in [1.54, 1.807) is 6.07 Å². The molecule has 2 N–H and O–H groups in total. The minimum atomic E-state index is 0.0835. The smallest absolute Gasteiger partial charge is 0.162 e. The number of nitrogen functional groups attached to an aromatic ring is 1. The number of Topliss-reactive ketones (excluding diaryl/α,β-unsaturated/α-hetero) is 1.